The maximum absolute atomic E-state index is 12.0. The Morgan fingerprint density at radius 2 is 2.05 bits per heavy atom. The zero-order valence-electron chi connectivity index (χ0n) is 12.8. The Balaban J connectivity index is 1.98. The van der Waals surface area contributed by atoms with Crippen molar-refractivity contribution in [3.63, 3.8) is 0 Å². The molecule has 2 heterocycles. The number of aliphatic hydroxyl groups excluding tert-OH is 1. The van der Waals surface area contributed by atoms with Crippen LogP contribution in [0.15, 0.2) is 0 Å². The molecule has 0 aromatic carbocycles. The van der Waals surface area contributed by atoms with Crippen LogP contribution in [0.1, 0.15) is 27.2 Å². The van der Waals surface area contributed by atoms with Crippen LogP contribution in [0, 0.1) is 5.92 Å². The Hall–Kier alpha value is -0.950. The number of likely N-dealkylation sites (tertiary alicyclic amines) is 2. The molecule has 3 atom stereocenters. The molecule has 0 bridgehead atoms. The van der Waals surface area contributed by atoms with Gasteiger partial charge in [-0.05, 0) is 32.4 Å². The molecular formula is C14H24N2O4S. The van der Waals surface area contributed by atoms with Crippen molar-refractivity contribution in [2.75, 3.05) is 25.4 Å². The normalized spacial score (nSPS) is 30.1. The van der Waals surface area contributed by atoms with Crippen molar-refractivity contribution in [3.8, 4) is 0 Å². The summed E-state index contributed by atoms with van der Waals surface area (Å²) in [5, 5.41) is 10.2. The molecule has 2 aliphatic heterocycles. The lowest BCUT2D eigenvalue weighted by molar-refractivity contribution is -0.131. The van der Waals surface area contributed by atoms with Gasteiger partial charge in [-0.25, -0.2) is 4.79 Å². The number of nitrogens with zero attached hydrogens (tertiary/aromatic N) is 2. The lowest BCUT2D eigenvalue weighted by atomic mass is 10.1. The molecule has 3 unspecified atom stereocenters. The number of hydrogen-bond donors (Lipinski definition) is 2. The maximum atomic E-state index is 12.0. The molecule has 2 fully saturated rings. The van der Waals surface area contributed by atoms with E-state index in [1.807, 2.05) is 0 Å². The van der Waals surface area contributed by atoms with Crippen LogP contribution < -0.4 is 0 Å². The van der Waals surface area contributed by atoms with Crippen molar-refractivity contribution in [2.24, 2.45) is 5.92 Å². The standard InChI is InChI=1S/C14H24N2O4S/c1-14(2,3)20-13(19)15-6-10(11(17)7-15)16-5-9(8-21)4-12(16)18/h9-11,17,21H,4-8H2,1-3H3. The summed E-state index contributed by atoms with van der Waals surface area (Å²) >= 11 is 4.23. The summed E-state index contributed by atoms with van der Waals surface area (Å²) in [6, 6.07) is -0.338. The van der Waals surface area contributed by atoms with Crippen LogP contribution in [0.25, 0.3) is 0 Å². The average molecular weight is 316 g/mol. The minimum Gasteiger partial charge on any atom is -0.444 e. The van der Waals surface area contributed by atoms with Crippen LogP contribution >= 0.6 is 12.6 Å². The van der Waals surface area contributed by atoms with Gasteiger partial charge in [0, 0.05) is 19.5 Å². The number of thiol groups is 1. The van der Waals surface area contributed by atoms with Crippen molar-refractivity contribution in [3.05, 3.63) is 0 Å². The van der Waals surface area contributed by atoms with Gasteiger partial charge >= 0.3 is 6.09 Å². The van der Waals surface area contributed by atoms with Crippen LogP contribution in [-0.4, -0.2) is 70.0 Å². The van der Waals surface area contributed by atoms with E-state index in [2.05, 4.69) is 12.6 Å². The fourth-order valence-corrected chi connectivity index (χ4v) is 3.05. The van der Waals surface area contributed by atoms with Crippen molar-refractivity contribution < 1.29 is 19.4 Å². The quantitative estimate of drug-likeness (QED) is 0.738. The smallest absolute Gasteiger partial charge is 0.410 e. The SMILES string of the molecule is CC(C)(C)OC(=O)N1CC(O)C(N2CC(CS)CC2=O)C1. The highest BCUT2D eigenvalue weighted by Gasteiger charge is 2.43. The van der Waals surface area contributed by atoms with Gasteiger partial charge in [0.25, 0.3) is 0 Å². The number of aliphatic hydroxyl groups is 1. The molecule has 2 rings (SSSR count). The maximum Gasteiger partial charge on any atom is 0.410 e. The minimum atomic E-state index is -0.722. The molecule has 2 amide bonds. The van der Waals surface area contributed by atoms with E-state index in [0.717, 1.165) is 0 Å². The Morgan fingerprint density at radius 1 is 1.38 bits per heavy atom. The third-order valence-electron chi connectivity index (χ3n) is 3.81. The van der Waals surface area contributed by atoms with Crippen molar-refractivity contribution >= 4 is 24.6 Å². The fourth-order valence-electron chi connectivity index (χ4n) is 2.80. The van der Waals surface area contributed by atoms with Crippen LogP contribution in [0.3, 0.4) is 0 Å². The molecule has 0 aliphatic carbocycles. The summed E-state index contributed by atoms with van der Waals surface area (Å²) in [4.78, 5) is 27.2. The molecule has 0 aromatic heterocycles. The van der Waals surface area contributed by atoms with E-state index in [0.29, 0.717) is 25.3 Å². The molecule has 6 nitrogen and oxygen atoms in total. The summed E-state index contributed by atoms with van der Waals surface area (Å²) in [5.74, 6) is 0.911. The number of carbonyl (C=O) groups is 2. The molecule has 2 aliphatic rings. The van der Waals surface area contributed by atoms with Gasteiger partial charge in [-0.2, -0.15) is 12.6 Å². The molecular weight excluding hydrogens is 292 g/mol. The largest absolute Gasteiger partial charge is 0.444 e. The zero-order valence-corrected chi connectivity index (χ0v) is 13.7. The summed E-state index contributed by atoms with van der Waals surface area (Å²) in [7, 11) is 0. The molecule has 120 valence electrons. The zero-order chi connectivity index (χ0) is 15.8. The van der Waals surface area contributed by atoms with E-state index in [4.69, 9.17) is 4.74 Å². The van der Waals surface area contributed by atoms with Gasteiger partial charge in [0.05, 0.1) is 18.7 Å². The number of hydrogen-bond acceptors (Lipinski definition) is 5. The second-order valence-corrected chi connectivity index (χ2v) is 7.18. The summed E-state index contributed by atoms with van der Waals surface area (Å²) in [6.45, 7) is 6.53. The van der Waals surface area contributed by atoms with Crippen LogP contribution in [0.4, 0.5) is 4.79 Å². The lowest BCUT2D eigenvalue weighted by Gasteiger charge is -2.27. The second kappa shape index (κ2) is 6.04. The fraction of sp³-hybridized carbons (Fsp3) is 0.857. The Kier molecular flexibility index (Phi) is 4.72. The van der Waals surface area contributed by atoms with E-state index in [9.17, 15) is 14.7 Å². The number of ether oxygens (including phenoxy) is 1. The van der Waals surface area contributed by atoms with E-state index >= 15 is 0 Å². The van der Waals surface area contributed by atoms with Gasteiger partial charge in [0.15, 0.2) is 0 Å². The number of β-amino-alcohol motifs (C(OH)–C–C–N with tert-alkyl or cyclic N) is 1. The highest BCUT2D eigenvalue weighted by atomic mass is 32.1. The van der Waals surface area contributed by atoms with Crippen molar-refractivity contribution in [1.82, 2.24) is 9.80 Å². The predicted molar refractivity (Wildman–Crippen MR) is 81.3 cm³/mol. The molecule has 1 N–H and O–H groups in total. The summed E-state index contributed by atoms with van der Waals surface area (Å²) in [5.41, 5.74) is -0.569. The highest BCUT2D eigenvalue weighted by molar-refractivity contribution is 7.80. The molecule has 7 heteroatoms. The second-order valence-electron chi connectivity index (χ2n) is 6.82. The number of amides is 2. The van der Waals surface area contributed by atoms with Crippen molar-refractivity contribution in [1.29, 1.82) is 0 Å². The van der Waals surface area contributed by atoms with Gasteiger partial charge in [-0.1, -0.05) is 0 Å². The molecule has 0 spiro atoms. The topological polar surface area (TPSA) is 70.1 Å². The van der Waals surface area contributed by atoms with Gasteiger partial charge in [0.2, 0.25) is 5.91 Å². The first kappa shape index (κ1) is 16.4. The molecule has 0 saturated carbocycles. The lowest BCUT2D eigenvalue weighted by Crippen LogP contribution is -2.44. The summed E-state index contributed by atoms with van der Waals surface area (Å²) in [6.07, 6.45) is -0.694. The number of rotatable bonds is 2. The Bertz CT molecular complexity index is 424. The third-order valence-corrected chi connectivity index (χ3v) is 4.32. The predicted octanol–water partition coefficient (Wildman–Crippen LogP) is 0.745. The van der Waals surface area contributed by atoms with E-state index in [1.165, 1.54) is 4.90 Å². The van der Waals surface area contributed by atoms with Gasteiger partial charge in [-0.15, -0.1) is 0 Å². The molecule has 2 saturated heterocycles. The summed E-state index contributed by atoms with van der Waals surface area (Å²) < 4.78 is 5.31. The van der Waals surface area contributed by atoms with E-state index < -0.39 is 17.8 Å². The molecule has 0 radical (unpaired) electrons. The molecule has 0 aromatic rings. The number of carbonyl (C=O) groups excluding carboxylic acids is 2. The first-order chi connectivity index (χ1) is 9.71. The van der Waals surface area contributed by atoms with Crippen LogP contribution in [-0.2, 0) is 9.53 Å². The van der Waals surface area contributed by atoms with E-state index in [-0.39, 0.29) is 24.4 Å². The van der Waals surface area contributed by atoms with Crippen molar-refractivity contribution in [2.45, 2.75) is 44.9 Å². The average Bonchev–Trinajstić information content (AvgIpc) is 2.90. The Labute approximate surface area is 130 Å². The van der Waals surface area contributed by atoms with Crippen LogP contribution in [0.2, 0.25) is 0 Å². The monoisotopic (exact) mass is 316 g/mol. The highest BCUT2D eigenvalue weighted by Crippen LogP contribution is 2.26. The minimum absolute atomic E-state index is 0.0316. The van der Waals surface area contributed by atoms with Crippen LogP contribution in [0.5, 0.6) is 0 Å². The Morgan fingerprint density at radius 3 is 2.57 bits per heavy atom. The first-order valence-corrected chi connectivity index (χ1v) is 7.91. The van der Waals surface area contributed by atoms with Gasteiger partial charge in [-0.3, -0.25) is 4.79 Å². The van der Waals surface area contributed by atoms with Gasteiger partial charge in [0.1, 0.15) is 5.60 Å². The van der Waals surface area contributed by atoms with Gasteiger partial charge < -0.3 is 19.6 Å². The molecule has 21 heavy (non-hydrogen) atoms. The van der Waals surface area contributed by atoms with E-state index in [1.54, 1.807) is 25.7 Å². The first-order valence-electron chi connectivity index (χ1n) is 7.27. The third kappa shape index (κ3) is 3.83.